The van der Waals surface area contributed by atoms with Crippen LogP contribution in [0.3, 0.4) is 0 Å². The van der Waals surface area contributed by atoms with Crippen molar-refractivity contribution in [2.24, 2.45) is 0 Å². The highest BCUT2D eigenvalue weighted by Crippen LogP contribution is 2.23. The molecule has 0 aliphatic carbocycles. The molecule has 2 aromatic heterocycles. The quantitative estimate of drug-likeness (QED) is 0.853. The third-order valence-corrected chi connectivity index (χ3v) is 3.67. The van der Waals surface area contributed by atoms with Gasteiger partial charge in [-0.3, -0.25) is 4.79 Å². The van der Waals surface area contributed by atoms with E-state index in [9.17, 15) is 4.79 Å². The standard InChI is InChI=1S/C12H12ClNO2S/c1-8-10(5-6-16-8)12(15)14(2)7-9-3-4-11(13)17-9/h3-6H,7H2,1-2H3. The van der Waals surface area contributed by atoms with Gasteiger partial charge in [-0.25, -0.2) is 0 Å². The van der Waals surface area contributed by atoms with E-state index in [1.54, 1.807) is 24.9 Å². The zero-order chi connectivity index (χ0) is 12.4. The van der Waals surface area contributed by atoms with E-state index < -0.39 is 0 Å². The second kappa shape index (κ2) is 4.94. The summed E-state index contributed by atoms with van der Waals surface area (Å²) in [6.45, 7) is 2.34. The number of rotatable bonds is 3. The molecule has 0 spiro atoms. The van der Waals surface area contributed by atoms with Gasteiger partial charge in [-0.15, -0.1) is 11.3 Å². The normalized spacial score (nSPS) is 10.5. The van der Waals surface area contributed by atoms with Crippen LogP contribution in [0, 0.1) is 6.92 Å². The lowest BCUT2D eigenvalue weighted by Crippen LogP contribution is -2.25. The molecule has 0 saturated carbocycles. The summed E-state index contributed by atoms with van der Waals surface area (Å²) in [5, 5.41) is 0. The molecule has 2 aromatic rings. The Morgan fingerprint density at radius 2 is 2.24 bits per heavy atom. The molecule has 0 aliphatic rings. The van der Waals surface area contributed by atoms with E-state index in [0.29, 0.717) is 17.9 Å². The molecule has 17 heavy (non-hydrogen) atoms. The number of amides is 1. The minimum atomic E-state index is -0.0410. The van der Waals surface area contributed by atoms with E-state index in [1.165, 1.54) is 17.6 Å². The number of hydrogen-bond donors (Lipinski definition) is 0. The highest BCUT2D eigenvalue weighted by molar-refractivity contribution is 7.16. The van der Waals surface area contributed by atoms with Crippen LogP contribution in [0.25, 0.3) is 0 Å². The topological polar surface area (TPSA) is 33.5 Å². The summed E-state index contributed by atoms with van der Waals surface area (Å²) >= 11 is 7.33. The molecule has 1 amide bonds. The molecular weight excluding hydrogens is 258 g/mol. The van der Waals surface area contributed by atoms with E-state index in [1.807, 2.05) is 12.1 Å². The van der Waals surface area contributed by atoms with Crippen molar-refractivity contribution < 1.29 is 9.21 Å². The Labute approximate surface area is 109 Å². The van der Waals surface area contributed by atoms with Gasteiger partial charge >= 0.3 is 0 Å². The predicted octanol–water partition coefficient (Wildman–Crippen LogP) is 3.58. The lowest BCUT2D eigenvalue weighted by Gasteiger charge is -2.15. The highest BCUT2D eigenvalue weighted by Gasteiger charge is 2.16. The van der Waals surface area contributed by atoms with Gasteiger partial charge in [-0.05, 0) is 25.1 Å². The fourth-order valence-corrected chi connectivity index (χ4v) is 2.70. The van der Waals surface area contributed by atoms with Gasteiger partial charge in [0.05, 0.1) is 22.7 Å². The molecule has 0 bridgehead atoms. The van der Waals surface area contributed by atoms with Gasteiger partial charge < -0.3 is 9.32 Å². The van der Waals surface area contributed by atoms with Crippen molar-refractivity contribution in [3.63, 3.8) is 0 Å². The molecule has 0 aliphatic heterocycles. The number of aryl methyl sites for hydroxylation is 1. The Balaban J connectivity index is 2.08. The summed E-state index contributed by atoms with van der Waals surface area (Å²) in [5.41, 5.74) is 0.607. The van der Waals surface area contributed by atoms with Crippen molar-refractivity contribution in [1.82, 2.24) is 4.90 Å². The largest absolute Gasteiger partial charge is 0.469 e. The van der Waals surface area contributed by atoms with Crippen LogP contribution in [0.1, 0.15) is 21.0 Å². The van der Waals surface area contributed by atoms with Gasteiger partial charge in [0, 0.05) is 11.9 Å². The SMILES string of the molecule is Cc1occc1C(=O)N(C)Cc1ccc(Cl)s1. The molecule has 0 saturated heterocycles. The fraction of sp³-hybridized carbons (Fsp3) is 0.250. The summed E-state index contributed by atoms with van der Waals surface area (Å²) in [6.07, 6.45) is 1.53. The number of carbonyl (C=O) groups is 1. The summed E-state index contributed by atoms with van der Waals surface area (Å²) in [5.74, 6) is 0.604. The summed E-state index contributed by atoms with van der Waals surface area (Å²) in [6, 6.07) is 5.46. The molecule has 0 N–H and O–H groups in total. The molecular formula is C12H12ClNO2S. The van der Waals surface area contributed by atoms with Crippen molar-refractivity contribution in [2.75, 3.05) is 7.05 Å². The molecule has 0 radical (unpaired) electrons. The maximum atomic E-state index is 12.1. The Hall–Kier alpha value is -1.26. The van der Waals surface area contributed by atoms with E-state index in [-0.39, 0.29) is 5.91 Å². The third-order valence-electron chi connectivity index (χ3n) is 2.46. The molecule has 2 heterocycles. The summed E-state index contributed by atoms with van der Waals surface area (Å²) < 4.78 is 5.86. The fourth-order valence-electron chi connectivity index (χ4n) is 1.55. The Kier molecular flexibility index (Phi) is 3.54. The number of hydrogen-bond acceptors (Lipinski definition) is 3. The zero-order valence-electron chi connectivity index (χ0n) is 9.57. The number of halogens is 1. The van der Waals surface area contributed by atoms with Gasteiger partial charge in [0.1, 0.15) is 5.76 Å². The molecule has 5 heteroatoms. The van der Waals surface area contributed by atoms with Crippen molar-refractivity contribution >= 4 is 28.8 Å². The van der Waals surface area contributed by atoms with Crippen LogP contribution in [-0.2, 0) is 6.54 Å². The minimum absolute atomic E-state index is 0.0410. The van der Waals surface area contributed by atoms with Crippen molar-refractivity contribution in [1.29, 1.82) is 0 Å². The summed E-state index contributed by atoms with van der Waals surface area (Å²) in [4.78, 5) is 14.8. The lowest BCUT2D eigenvalue weighted by molar-refractivity contribution is 0.0784. The van der Waals surface area contributed by atoms with Gasteiger partial charge in [0.2, 0.25) is 0 Å². The van der Waals surface area contributed by atoms with Crippen molar-refractivity contribution in [3.05, 3.63) is 45.0 Å². The Bertz CT molecular complexity index is 532. The van der Waals surface area contributed by atoms with Gasteiger partial charge in [-0.1, -0.05) is 11.6 Å². The predicted molar refractivity (Wildman–Crippen MR) is 68.6 cm³/mol. The first kappa shape index (κ1) is 12.2. The molecule has 0 fully saturated rings. The second-order valence-electron chi connectivity index (χ2n) is 3.76. The first-order valence-corrected chi connectivity index (χ1v) is 6.31. The molecule has 0 atom stereocenters. The smallest absolute Gasteiger partial charge is 0.257 e. The first-order valence-electron chi connectivity index (χ1n) is 5.11. The average molecular weight is 270 g/mol. The molecule has 0 aromatic carbocycles. The minimum Gasteiger partial charge on any atom is -0.469 e. The molecule has 0 unspecified atom stereocenters. The Morgan fingerprint density at radius 1 is 1.47 bits per heavy atom. The molecule has 2 rings (SSSR count). The van der Waals surface area contributed by atoms with Crippen LogP contribution in [0.4, 0.5) is 0 Å². The number of nitrogens with zero attached hydrogens (tertiary/aromatic N) is 1. The van der Waals surface area contributed by atoms with Gasteiger partial charge in [0.15, 0.2) is 0 Å². The van der Waals surface area contributed by atoms with Crippen LogP contribution >= 0.6 is 22.9 Å². The van der Waals surface area contributed by atoms with Crippen LogP contribution in [-0.4, -0.2) is 17.9 Å². The van der Waals surface area contributed by atoms with Crippen LogP contribution in [0.5, 0.6) is 0 Å². The maximum Gasteiger partial charge on any atom is 0.257 e. The Morgan fingerprint density at radius 3 is 2.76 bits per heavy atom. The lowest BCUT2D eigenvalue weighted by atomic mass is 10.2. The molecule has 90 valence electrons. The third kappa shape index (κ3) is 2.70. The average Bonchev–Trinajstić information content (AvgIpc) is 2.86. The molecule has 3 nitrogen and oxygen atoms in total. The monoisotopic (exact) mass is 269 g/mol. The van der Waals surface area contributed by atoms with Crippen molar-refractivity contribution in [3.8, 4) is 0 Å². The van der Waals surface area contributed by atoms with E-state index in [2.05, 4.69) is 0 Å². The van der Waals surface area contributed by atoms with Crippen LogP contribution in [0.2, 0.25) is 4.34 Å². The highest BCUT2D eigenvalue weighted by atomic mass is 35.5. The van der Waals surface area contributed by atoms with Crippen molar-refractivity contribution in [2.45, 2.75) is 13.5 Å². The summed E-state index contributed by atoms with van der Waals surface area (Å²) in [7, 11) is 1.77. The van der Waals surface area contributed by atoms with Gasteiger partial charge in [-0.2, -0.15) is 0 Å². The number of thiophene rings is 1. The van der Waals surface area contributed by atoms with E-state index in [0.717, 1.165) is 9.21 Å². The zero-order valence-corrected chi connectivity index (χ0v) is 11.1. The maximum absolute atomic E-state index is 12.1. The van der Waals surface area contributed by atoms with E-state index in [4.69, 9.17) is 16.0 Å². The second-order valence-corrected chi connectivity index (χ2v) is 5.56. The van der Waals surface area contributed by atoms with Crippen LogP contribution < -0.4 is 0 Å². The first-order chi connectivity index (χ1) is 8.08. The van der Waals surface area contributed by atoms with Crippen LogP contribution in [0.15, 0.2) is 28.9 Å². The number of carbonyl (C=O) groups excluding carboxylic acids is 1. The van der Waals surface area contributed by atoms with Gasteiger partial charge in [0.25, 0.3) is 5.91 Å². The number of furan rings is 1. The van der Waals surface area contributed by atoms with E-state index >= 15 is 0 Å².